The summed E-state index contributed by atoms with van der Waals surface area (Å²) in [7, 11) is 0. The summed E-state index contributed by atoms with van der Waals surface area (Å²) in [4.78, 5) is 12.4. The molecule has 3 N–H and O–H groups in total. The Morgan fingerprint density at radius 3 is 1.21 bits per heavy atom. The molecule has 0 spiro atoms. The number of rotatable bonds is 41. The summed E-state index contributed by atoms with van der Waals surface area (Å²) in [6.45, 7) is 4.28. The SMILES string of the molecule is CCCCCCC/C=C\C/C=C\CCCCCCCCCCCCCC(=O)NC(CO)C(O)/C=C/CC/C=C/CC/C=C/CCCCCCCCCC. The molecule has 0 rings (SSSR count). The zero-order valence-electron chi connectivity index (χ0n) is 35.3. The van der Waals surface area contributed by atoms with E-state index in [0.29, 0.717) is 6.42 Å². The van der Waals surface area contributed by atoms with E-state index in [1.165, 1.54) is 161 Å². The van der Waals surface area contributed by atoms with E-state index in [2.05, 4.69) is 67.8 Å². The first-order valence-electron chi connectivity index (χ1n) is 23.0. The molecule has 0 radical (unpaired) electrons. The number of unbranched alkanes of at least 4 members (excludes halogenated alkanes) is 26. The lowest BCUT2D eigenvalue weighted by Gasteiger charge is -2.19. The maximum atomic E-state index is 12.4. The van der Waals surface area contributed by atoms with Crippen molar-refractivity contribution in [2.24, 2.45) is 0 Å². The van der Waals surface area contributed by atoms with Gasteiger partial charge < -0.3 is 15.5 Å². The van der Waals surface area contributed by atoms with Gasteiger partial charge in [-0.1, -0.05) is 203 Å². The van der Waals surface area contributed by atoms with Crippen molar-refractivity contribution in [1.29, 1.82) is 0 Å². The smallest absolute Gasteiger partial charge is 0.220 e. The zero-order chi connectivity index (χ0) is 38.6. The van der Waals surface area contributed by atoms with Gasteiger partial charge in [-0.25, -0.2) is 0 Å². The highest BCUT2D eigenvalue weighted by Gasteiger charge is 2.17. The average Bonchev–Trinajstić information content (AvgIpc) is 3.16. The van der Waals surface area contributed by atoms with E-state index in [4.69, 9.17) is 0 Å². The molecule has 0 aromatic carbocycles. The van der Waals surface area contributed by atoms with Crippen LogP contribution in [0, 0.1) is 0 Å². The molecular formula is C49H89NO3. The minimum Gasteiger partial charge on any atom is -0.394 e. The minimum absolute atomic E-state index is 0.0814. The summed E-state index contributed by atoms with van der Waals surface area (Å²) >= 11 is 0. The van der Waals surface area contributed by atoms with Crippen LogP contribution in [0.3, 0.4) is 0 Å². The normalized spacial score (nSPS) is 13.5. The molecule has 53 heavy (non-hydrogen) atoms. The van der Waals surface area contributed by atoms with Crippen molar-refractivity contribution in [2.75, 3.05) is 6.61 Å². The standard InChI is InChI=1S/C49H89NO3/c1-3-5-7-9-11-13-15-17-19-21-23-24-25-26-27-29-31-33-35-37-39-41-43-45-49(53)50-47(46-51)48(52)44-42-40-38-36-34-32-30-28-22-20-18-16-14-12-10-8-6-4-2/h15,17,21-23,28,34,36,42,44,47-48,51-52H,3-14,16,18-20,24-27,29-33,35,37-41,43,45-46H2,1-2H3,(H,50,53)/b17-15-,23-21-,28-22+,36-34+,44-42+. The van der Waals surface area contributed by atoms with Gasteiger partial charge in [0.05, 0.1) is 18.8 Å². The Hall–Kier alpha value is -1.91. The van der Waals surface area contributed by atoms with Crippen LogP contribution < -0.4 is 5.32 Å². The van der Waals surface area contributed by atoms with Gasteiger partial charge in [-0.05, 0) is 77.0 Å². The Balaban J connectivity index is 3.63. The van der Waals surface area contributed by atoms with Crippen LogP contribution in [0.1, 0.15) is 226 Å². The highest BCUT2D eigenvalue weighted by atomic mass is 16.3. The van der Waals surface area contributed by atoms with Crippen molar-refractivity contribution < 1.29 is 15.0 Å². The molecular weight excluding hydrogens is 651 g/mol. The molecule has 0 aliphatic rings. The second-order valence-corrected chi connectivity index (χ2v) is 15.4. The van der Waals surface area contributed by atoms with Crippen molar-refractivity contribution in [3.8, 4) is 0 Å². The van der Waals surface area contributed by atoms with Crippen LogP contribution in [0.4, 0.5) is 0 Å². The third-order valence-corrected chi connectivity index (χ3v) is 10.2. The third-order valence-electron chi connectivity index (χ3n) is 10.2. The number of aliphatic hydroxyl groups excluding tert-OH is 2. The van der Waals surface area contributed by atoms with E-state index >= 15 is 0 Å². The van der Waals surface area contributed by atoms with Crippen LogP contribution in [0.2, 0.25) is 0 Å². The first-order valence-corrected chi connectivity index (χ1v) is 23.0. The molecule has 0 aromatic rings. The van der Waals surface area contributed by atoms with E-state index in [1.807, 2.05) is 6.08 Å². The fourth-order valence-electron chi connectivity index (χ4n) is 6.65. The van der Waals surface area contributed by atoms with Crippen LogP contribution in [0.5, 0.6) is 0 Å². The molecule has 0 bridgehead atoms. The Morgan fingerprint density at radius 1 is 0.453 bits per heavy atom. The molecule has 4 nitrogen and oxygen atoms in total. The van der Waals surface area contributed by atoms with Gasteiger partial charge in [0.25, 0.3) is 0 Å². The summed E-state index contributed by atoms with van der Waals surface area (Å²) in [5, 5.41) is 23.0. The lowest BCUT2D eigenvalue weighted by Crippen LogP contribution is -2.45. The molecule has 2 atom stereocenters. The fraction of sp³-hybridized carbons (Fsp3) is 0.776. The highest BCUT2D eigenvalue weighted by Crippen LogP contribution is 2.14. The van der Waals surface area contributed by atoms with E-state index in [9.17, 15) is 15.0 Å². The van der Waals surface area contributed by atoms with Crippen LogP contribution in [-0.2, 0) is 4.79 Å². The van der Waals surface area contributed by atoms with Crippen molar-refractivity contribution in [1.82, 2.24) is 5.32 Å². The molecule has 0 aliphatic carbocycles. The second-order valence-electron chi connectivity index (χ2n) is 15.4. The van der Waals surface area contributed by atoms with Gasteiger partial charge in [0, 0.05) is 6.42 Å². The molecule has 0 heterocycles. The van der Waals surface area contributed by atoms with Gasteiger partial charge in [0.15, 0.2) is 0 Å². The number of allylic oxidation sites excluding steroid dienone is 9. The molecule has 0 aromatic heterocycles. The summed E-state index contributed by atoms with van der Waals surface area (Å²) in [5.74, 6) is -0.0814. The van der Waals surface area contributed by atoms with Gasteiger partial charge >= 0.3 is 0 Å². The first kappa shape index (κ1) is 51.1. The number of hydrogen-bond donors (Lipinski definition) is 3. The minimum atomic E-state index is -0.872. The Kier molecular flexibility index (Phi) is 42.9. The van der Waals surface area contributed by atoms with Gasteiger partial charge in [0.1, 0.15) is 0 Å². The molecule has 4 heteroatoms. The predicted octanol–water partition coefficient (Wildman–Crippen LogP) is 14.5. The van der Waals surface area contributed by atoms with Gasteiger partial charge in [0.2, 0.25) is 5.91 Å². The summed E-state index contributed by atoms with van der Waals surface area (Å²) in [6.07, 6.45) is 61.9. The quantitative estimate of drug-likeness (QED) is 0.0432. The zero-order valence-corrected chi connectivity index (χ0v) is 35.3. The second kappa shape index (κ2) is 44.5. The number of carbonyl (C=O) groups is 1. The van der Waals surface area contributed by atoms with E-state index in [0.717, 1.165) is 44.9 Å². The summed E-state index contributed by atoms with van der Waals surface area (Å²) in [5.41, 5.74) is 0. The lowest BCUT2D eigenvalue weighted by atomic mass is 10.0. The van der Waals surface area contributed by atoms with Crippen molar-refractivity contribution in [3.63, 3.8) is 0 Å². The van der Waals surface area contributed by atoms with E-state index < -0.39 is 12.1 Å². The Morgan fingerprint density at radius 2 is 0.792 bits per heavy atom. The van der Waals surface area contributed by atoms with Crippen LogP contribution >= 0.6 is 0 Å². The van der Waals surface area contributed by atoms with E-state index in [-0.39, 0.29) is 12.5 Å². The van der Waals surface area contributed by atoms with Gasteiger partial charge in [-0.2, -0.15) is 0 Å². The van der Waals surface area contributed by atoms with Crippen LogP contribution in [0.15, 0.2) is 60.8 Å². The highest BCUT2D eigenvalue weighted by molar-refractivity contribution is 5.76. The Labute approximate surface area is 330 Å². The average molecular weight is 740 g/mol. The first-order chi connectivity index (χ1) is 26.2. The summed E-state index contributed by atoms with van der Waals surface area (Å²) < 4.78 is 0. The molecule has 1 amide bonds. The predicted molar refractivity (Wildman–Crippen MR) is 234 cm³/mol. The number of hydrogen-bond acceptors (Lipinski definition) is 3. The van der Waals surface area contributed by atoms with Gasteiger partial charge in [-0.3, -0.25) is 4.79 Å². The lowest BCUT2D eigenvalue weighted by molar-refractivity contribution is -0.123. The molecule has 2 unspecified atom stereocenters. The number of aliphatic hydroxyl groups is 2. The maximum absolute atomic E-state index is 12.4. The Bertz CT molecular complexity index is 888. The van der Waals surface area contributed by atoms with Gasteiger partial charge in [-0.15, -0.1) is 0 Å². The topological polar surface area (TPSA) is 69.6 Å². The van der Waals surface area contributed by atoms with Crippen LogP contribution in [-0.4, -0.2) is 34.9 Å². The van der Waals surface area contributed by atoms with Crippen LogP contribution in [0.25, 0.3) is 0 Å². The van der Waals surface area contributed by atoms with Crippen molar-refractivity contribution >= 4 is 5.91 Å². The fourth-order valence-corrected chi connectivity index (χ4v) is 6.65. The third kappa shape index (κ3) is 41.1. The number of nitrogens with one attached hydrogen (secondary N) is 1. The molecule has 0 saturated heterocycles. The van der Waals surface area contributed by atoms with Crippen molar-refractivity contribution in [3.05, 3.63) is 60.8 Å². The molecule has 308 valence electrons. The number of carbonyl (C=O) groups excluding carboxylic acids is 1. The largest absolute Gasteiger partial charge is 0.394 e. The molecule has 0 saturated carbocycles. The molecule has 0 aliphatic heterocycles. The number of amides is 1. The summed E-state index contributed by atoms with van der Waals surface area (Å²) in [6, 6.07) is -0.648. The monoisotopic (exact) mass is 740 g/mol. The van der Waals surface area contributed by atoms with Crippen molar-refractivity contribution in [2.45, 2.75) is 238 Å². The van der Waals surface area contributed by atoms with E-state index in [1.54, 1.807) is 6.08 Å². The molecule has 0 fully saturated rings. The maximum Gasteiger partial charge on any atom is 0.220 e.